The SMILES string of the molecule is CCCc1nc([C@H]2CN(CC(=O)Nc3nncs3)CCO2)n[nH]1. The fourth-order valence-electron chi connectivity index (χ4n) is 2.39. The van der Waals surface area contributed by atoms with E-state index in [1.807, 2.05) is 4.90 Å². The van der Waals surface area contributed by atoms with Crippen molar-refractivity contribution in [2.24, 2.45) is 0 Å². The Kier molecular flexibility index (Phi) is 5.26. The van der Waals surface area contributed by atoms with Crippen molar-refractivity contribution in [1.82, 2.24) is 30.3 Å². The van der Waals surface area contributed by atoms with Crippen molar-refractivity contribution >= 4 is 22.4 Å². The summed E-state index contributed by atoms with van der Waals surface area (Å²) in [5.74, 6) is 1.42. The number of hydrogen-bond donors (Lipinski definition) is 2. The van der Waals surface area contributed by atoms with Gasteiger partial charge in [0, 0.05) is 19.5 Å². The fraction of sp³-hybridized carbons (Fsp3) is 0.615. The normalized spacial score (nSPS) is 18.9. The number of anilines is 1. The minimum absolute atomic E-state index is 0.107. The summed E-state index contributed by atoms with van der Waals surface area (Å²) < 4.78 is 5.73. The second-order valence-corrected chi connectivity index (χ2v) is 6.11. The first-order valence-corrected chi connectivity index (χ1v) is 8.43. The summed E-state index contributed by atoms with van der Waals surface area (Å²) in [5.41, 5.74) is 1.58. The van der Waals surface area contributed by atoms with Crippen LogP contribution in [0.15, 0.2) is 5.51 Å². The zero-order valence-electron chi connectivity index (χ0n) is 12.9. The molecule has 0 unspecified atom stereocenters. The number of morpholine rings is 1. The Hall–Kier alpha value is -1.91. The molecule has 1 saturated heterocycles. The van der Waals surface area contributed by atoms with Crippen LogP contribution >= 0.6 is 11.3 Å². The number of amides is 1. The van der Waals surface area contributed by atoms with Crippen molar-refractivity contribution in [1.29, 1.82) is 0 Å². The van der Waals surface area contributed by atoms with Crippen LogP contribution in [0.2, 0.25) is 0 Å². The van der Waals surface area contributed by atoms with Gasteiger partial charge in [0.1, 0.15) is 17.4 Å². The van der Waals surface area contributed by atoms with E-state index in [0.717, 1.165) is 18.7 Å². The molecule has 1 fully saturated rings. The average molecular weight is 337 g/mol. The molecule has 0 aromatic carbocycles. The van der Waals surface area contributed by atoms with E-state index in [1.54, 1.807) is 5.51 Å². The lowest BCUT2D eigenvalue weighted by Gasteiger charge is -2.30. The number of aromatic nitrogens is 5. The van der Waals surface area contributed by atoms with Crippen LogP contribution in [-0.4, -0.2) is 62.4 Å². The van der Waals surface area contributed by atoms with Gasteiger partial charge in [-0.15, -0.1) is 10.2 Å². The van der Waals surface area contributed by atoms with Crippen LogP contribution in [0.25, 0.3) is 0 Å². The van der Waals surface area contributed by atoms with Crippen molar-refractivity contribution in [3.05, 3.63) is 17.2 Å². The quantitative estimate of drug-likeness (QED) is 0.795. The number of nitrogens with zero attached hydrogens (tertiary/aromatic N) is 5. The molecular weight excluding hydrogens is 318 g/mol. The number of aromatic amines is 1. The number of carbonyl (C=O) groups excluding carboxylic acids is 1. The summed E-state index contributed by atoms with van der Waals surface area (Å²) in [4.78, 5) is 18.5. The van der Waals surface area contributed by atoms with Gasteiger partial charge >= 0.3 is 0 Å². The summed E-state index contributed by atoms with van der Waals surface area (Å²) in [6.45, 7) is 4.22. The van der Waals surface area contributed by atoms with Gasteiger partial charge in [-0.2, -0.15) is 5.10 Å². The highest BCUT2D eigenvalue weighted by Gasteiger charge is 2.26. The highest BCUT2D eigenvalue weighted by molar-refractivity contribution is 7.13. The molecule has 3 rings (SSSR count). The minimum Gasteiger partial charge on any atom is -0.367 e. The molecule has 1 aliphatic heterocycles. The molecule has 2 aromatic heterocycles. The second kappa shape index (κ2) is 7.57. The van der Waals surface area contributed by atoms with Gasteiger partial charge in [0.2, 0.25) is 11.0 Å². The molecule has 3 heterocycles. The van der Waals surface area contributed by atoms with E-state index in [1.165, 1.54) is 11.3 Å². The molecule has 0 bridgehead atoms. The lowest BCUT2D eigenvalue weighted by atomic mass is 10.2. The number of H-pyrrole nitrogens is 1. The third kappa shape index (κ3) is 4.30. The van der Waals surface area contributed by atoms with Gasteiger partial charge in [0.15, 0.2) is 5.82 Å². The summed E-state index contributed by atoms with van der Waals surface area (Å²) in [6.07, 6.45) is 1.67. The summed E-state index contributed by atoms with van der Waals surface area (Å²) in [7, 11) is 0. The number of carbonyl (C=O) groups is 1. The predicted molar refractivity (Wildman–Crippen MR) is 84.0 cm³/mol. The van der Waals surface area contributed by atoms with Crippen LogP contribution in [0.1, 0.15) is 31.1 Å². The molecule has 124 valence electrons. The van der Waals surface area contributed by atoms with Crippen molar-refractivity contribution in [2.45, 2.75) is 25.9 Å². The molecule has 10 heteroatoms. The number of rotatable bonds is 6. The largest absolute Gasteiger partial charge is 0.367 e. The van der Waals surface area contributed by atoms with Gasteiger partial charge in [0.05, 0.1) is 13.2 Å². The van der Waals surface area contributed by atoms with Gasteiger partial charge in [-0.1, -0.05) is 18.3 Å². The third-order valence-electron chi connectivity index (χ3n) is 3.45. The van der Waals surface area contributed by atoms with Gasteiger partial charge in [-0.3, -0.25) is 20.1 Å². The van der Waals surface area contributed by atoms with Crippen LogP contribution in [0.4, 0.5) is 5.13 Å². The van der Waals surface area contributed by atoms with E-state index in [9.17, 15) is 4.79 Å². The maximum Gasteiger partial charge on any atom is 0.240 e. The Morgan fingerprint density at radius 3 is 3.30 bits per heavy atom. The summed E-state index contributed by atoms with van der Waals surface area (Å²) in [6, 6.07) is 0. The van der Waals surface area contributed by atoms with Crippen LogP contribution in [-0.2, 0) is 16.0 Å². The van der Waals surface area contributed by atoms with E-state index >= 15 is 0 Å². The first-order chi connectivity index (χ1) is 11.2. The Labute approximate surface area is 137 Å². The van der Waals surface area contributed by atoms with Crippen molar-refractivity contribution in [3.8, 4) is 0 Å². The standard InChI is InChI=1S/C13H19N7O2S/c1-2-3-10-15-12(18-17-10)9-6-20(4-5-22-9)7-11(21)16-13-19-14-8-23-13/h8-9H,2-7H2,1H3,(H,15,17,18)(H,16,19,21)/t9-/m1/s1. The van der Waals surface area contributed by atoms with Crippen molar-refractivity contribution in [2.75, 3.05) is 31.6 Å². The minimum atomic E-state index is -0.208. The molecule has 0 saturated carbocycles. The Balaban J connectivity index is 1.54. The zero-order chi connectivity index (χ0) is 16.1. The predicted octanol–water partition coefficient (Wildman–Crippen LogP) is 0.621. The summed E-state index contributed by atoms with van der Waals surface area (Å²) in [5, 5.41) is 17.9. The maximum absolute atomic E-state index is 12.0. The van der Waals surface area contributed by atoms with Gasteiger partial charge in [-0.05, 0) is 6.42 Å². The lowest BCUT2D eigenvalue weighted by molar-refractivity contribution is -0.119. The highest BCUT2D eigenvalue weighted by atomic mass is 32.1. The smallest absolute Gasteiger partial charge is 0.240 e. The molecule has 0 spiro atoms. The maximum atomic E-state index is 12.0. The van der Waals surface area contributed by atoms with Crippen LogP contribution < -0.4 is 5.32 Å². The topological polar surface area (TPSA) is 109 Å². The van der Waals surface area contributed by atoms with Crippen molar-refractivity contribution in [3.63, 3.8) is 0 Å². The Bertz CT molecular complexity index is 630. The first-order valence-electron chi connectivity index (χ1n) is 7.55. The second-order valence-electron chi connectivity index (χ2n) is 5.28. The van der Waals surface area contributed by atoms with E-state index in [2.05, 4.69) is 37.6 Å². The van der Waals surface area contributed by atoms with Crippen LogP contribution in [0.3, 0.4) is 0 Å². The van der Waals surface area contributed by atoms with Crippen molar-refractivity contribution < 1.29 is 9.53 Å². The molecule has 0 aliphatic carbocycles. The number of hydrogen-bond acceptors (Lipinski definition) is 8. The average Bonchev–Trinajstić information content (AvgIpc) is 3.20. The molecule has 1 amide bonds. The molecule has 9 nitrogen and oxygen atoms in total. The zero-order valence-corrected chi connectivity index (χ0v) is 13.7. The molecule has 1 atom stereocenters. The molecule has 1 aliphatic rings. The number of nitrogens with one attached hydrogen (secondary N) is 2. The molecular formula is C13H19N7O2S. The van der Waals surface area contributed by atoms with Gasteiger partial charge in [0.25, 0.3) is 0 Å². The van der Waals surface area contributed by atoms with E-state index in [4.69, 9.17) is 4.74 Å². The first kappa shape index (κ1) is 16.0. The van der Waals surface area contributed by atoms with E-state index < -0.39 is 0 Å². The van der Waals surface area contributed by atoms with Crippen LogP contribution in [0, 0.1) is 0 Å². The Morgan fingerprint density at radius 1 is 1.61 bits per heavy atom. The highest BCUT2D eigenvalue weighted by Crippen LogP contribution is 2.19. The van der Waals surface area contributed by atoms with Crippen LogP contribution in [0.5, 0.6) is 0 Å². The Morgan fingerprint density at radius 2 is 2.52 bits per heavy atom. The fourth-order valence-corrected chi connectivity index (χ4v) is 2.86. The van der Waals surface area contributed by atoms with Gasteiger partial charge in [-0.25, -0.2) is 4.98 Å². The monoisotopic (exact) mass is 337 g/mol. The number of aryl methyl sites for hydroxylation is 1. The summed E-state index contributed by atoms with van der Waals surface area (Å²) >= 11 is 1.30. The lowest BCUT2D eigenvalue weighted by Crippen LogP contribution is -2.42. The van der Waals surface area contributed by atoms with Gasteiger partial charge < -0.3 is 4.74 Å². The molecule has 2 N–H and O–H groups in total. The van der Waals surface area contributed by atoms with E-state index in [-0.39, 0.29) is 18.6 Å². The number of ether oxygens (including phenoxy) is 1. The van der Waals surface area contributed by atoms with E-state index in [0.29, 0.717) is 30.7 Å². The molecule has 0 radical (unpaired) electrons. The molecule has 23 heavy (non-hydrogen) atoms. The third-order valence-corrected chi connectivity index (χ3v) is 4.05. The molecule has 2 aromatic rings.